The molecule has 2 aromatic rings. The van der Waals surface area contributed by atoms with Gasteiger partial charge >= 0.3 is 0 Å². The molecule has 2 atom stereocenters. The van der Waals surface area contributed by atoms with E-state index >= 15 is 0 Å². The van der Waals surface area contributed by atoms with Crippen molar-refractivity contribution in [3.63, 3.8) is 0 Å². The number of carbonyl (C=O) groups excluding carboxylic acids is 1. The molecule has 1 amide bonds. The summed E-state index contributed by atoms with van der Waals surface area (Å²) in [5, 5.41) is 10.7. The molecular formula is C21H21ClN2O2S. The summed E-state index contributed by atoms with van der Waals surface area (Å²) in [4.78, 5) is 19.7. The van der Waals surface area contributed by atoms with Crippen LogP contribution >= 0.6 is 23.4 Å². The predicted octanol–water partition coefficient (Wildman–Crippen LogP) is 4.46. The van der Waals surface area contributed by atoms with Crippen molar-refractivity contribution in [3.8, 4) is 0 Å². The van der Waals surface area contributed by atoms with Crippen LogP contribution in [0.3, 0.4) is 0 Å². The van der Waals surface area contributed by atoms with Gasteiger partial charge < -0.3 is 5.11 Å². The maximum Gasteiger partial charge on any atom is 0.245 e. The Bertz CT molecular complexity index is 892. The zero-order chi connectivity index (χ0) is 18.5. The van der Waals surface area contributed by atoms with Crippen LogP contribution in [0.4, 0.5) is 11.4 Å². The van der Waals surface area contributed by atoms with Crippen molar-refractivity contribution in [2.24, 2.45) is 0 Å². The summed E-state index contributed by atoms with van der Waals surface area (Å²) in [5.74, 6) is 0.0690. The van der Waals surface area contributed by atoms with E-state index in [2.05, 4.69) is 11.0 Å². The number of hydrogen-bond acceptors (Lipinski definition) is 4. The summed E-state index contributed by atoms with van der Waals surface area (Å²) < 4.78 is 0. The van der Waals surface area contributed by atoms with Crippen molar-refractivity contribution in [2.75, 3.05) is 11.4 Å². The number of hydrogen-bond donors (Lipinski definition) is 1. The molecule has 2 unspecified atom stereocenters. The Balaban J connectivity index is 1.49. The molecule has 4 nitrogen and oxygen atoms in total. The van der Waals surface area contributed by atoms with Crippen LogP contribution in [-0.4, -0.2) is 40.6 Å². The quantitative estimate of drug-likeness (QED) is 0.808. The van der Waals surface area contributed by atoms with Gasteiger partial charge in [-0.15, -0.1) is 0 Å². The number of fused-ring (bicyclic) bond motifs is 4. The molecule has 140 valence electrons. The van der Waals surface area contributed by atoms with Gasteiger partial charge in [0, 0.05) is 26.9 Å². The lowest BCUT2D eigenvalue weighted by atomic mass is 10.00. The molecule has 0 radical (unpaired) electrons. The van der Waals surface area contributed by atoms with E-state index in [1.54, 1.807) is 11.8 Å². The lowest BCUT2D eigenvalue weighted by Crippen LogP contribution is -2.49. The zero-order valence-electron chi connectivity index (χ0n) is 14.8. The molecule has 3 aliphatic rings. The van der Waals surface area contributed by atoms with E-state index in [0.717, 1.165) is 46.8 Å². The van der Waals surface area contributed by atoms with Crippen LogP contribution in [0.1, 0.15) is 25.7 Å². The molecule has 3 heterocycles. The molecule has 0 saturated carbocycles. The number of amides is 1. The molecule has 2 bridgehead atoms. The highest BCUT2D eigenvalue weighted by Gasteiger charge is 2.42. The van der Waals surface area contributed by atoms with Gasteiger partial charge in [0.1, 0.15) is 0 Å². The fourth-order valence-electron chi connectivity index (χ4n) is 4.73. The second-order valence-electron chi connectivity index (χ2n) is 7.59. The van der Waals surface area contributed by atoms with Crippen LogP contribution in [0.2, 0.25) is 5.02 Å². The number of benzene rings is 2. The third kappa shape index (κ3) is 3.07. The van der Waals surface area contributed by atoms with Gasteiger partial charge in [-0.3, -0.25) is 14.6 Å². The Hall–Kier alpha value is -1.53. The summed E-state index contributed by atoms with van der Waals surface area (Å²) in [7, 11) is 0. The molecule has 3 aliphatic heterocycles. The van der Waals surface area contributed by atoms with Crippen molar-refractivity contribution in [3.05, 3.63) is 47.5 Å². The number of para-hydroxylation sites is 1. The molecule has 2 saturated heterocycles. The van der Waals surface area contributed by atoms with Gasteiger partial charge in [0.2, 0.25) is 5.91 Å². The van der Waals surface area contributed by atoms with Gasteiger partial charge in [0.05, 0.1) is 24.0 Å². The Labute approximate surface area is 168 Å². The Morgan fingerprint density at radius 2 is 1.78 bits per heavy atom. The van der Waals surface area contributed by atoms with Gasteiger partial charge in [-0.25, -0.2) is 0 Å². The summed E-state index contributed by atoms with van der Waals surface area (Å²) in [6.45, 7) is 0.382. The first-order valence-corrected chi connectivity index (χ1v) is 10.6. The topological polar surface area (TPSA) is 43.8 Å². The second-order valence-corrected chi connectivity index (χ2v) is 9.11. The van der Waals surface area contributed by atoms with E-state index in [1.165, 1.54) is 0 Å². The van der Waals surface area contributed by atoms with Gasteiger partial charge in [0.25, 0.3) is 0 Å². The van der Waals surface area contributed by atoms with Gasteiger partial charge in [-0.05, 0) is 56.0 Å². The molecule has 5 rings (SSSR count). The van der Waals surface area contributed by atoms with E-state index in [0.29, 0.717) is 23.7 Å². The summed E-state index contributed by atoms with van der Waals surface area (Å²) >= 11 is 7.93. The zero-order valence-corrected chi connectivity index (χ0v) is 16.4. The van der Waals surface area contributed by atoms with Crippen molar-refractivity contribution >= 4 is 40.6 Å². The van der Waals surface area contributed by atoms with E-state index < -0.39 is 0 Å². The number of anilines is 2. The lowest BCUT2D eigenvalue weighted by molar-refractivity contribution is -0.120. The number of carbonyl (C=O) groups is 1. The highest BCUT2D eigenvalue weighted by Crippen LogP contribution is 2.49. The fourth-order valence-corrected chi connectivity index (χ4v) is 5.93. The summed E-state index contributed by atoms with van der Waals surface area (Å²) in [5.41, 5.74) is 1.78. The summed E-state index contributed by atoms with van der Waals surface area (Å²) in [6, 6.07) is 14.4. The van der Waals surface area contributed by atoms with Crippen LogP contribution in [-0.2, 0) is 4.79 Å². The number of aliphatic hydroxyl groups excluding tert-OH is 1. The van der Waals surface area contributed by atoms with Crippen LogP contribution in [0, 0.1) is 0 Å². The highest BCUT2D eigenvalue weighted by molar-refractivity contribution is 7.99. The molecule has 0 aliphatic carbocycles. The molecule has 6 heteroatoms. The molecule has 2 fully saturated rings. The van der Waals surface area contributed by atoms with Crippen LogP contribution in [0.5, 0.6) is 0 Å². The van der Waals surface area contributed by atoms with Crippen molar-refractivity contribution in [2.45, 2.75) is 53.7 Å². The molecular weight excluding hydrogens is 380 g/mol. The first-order valence-electron chi connectivity index (χ1n) is 9.43. The first kappa shape index (κ1) is 17.6. The SMILES string of the molecule is O=C(CN1C2CCC1CC(O)C2)N1c2ccccc2Sc2ccc(Cl)cc21. The molecule has 0 aromatic heterocycles. The average molecular weight is 401 g/mol. The van der Waals surface area contributed by atoms with E-state index in [1.807, 2.05) is 41.3 Å². The second kappa shape index (κ2) is 6.82. The number of aliphatic hydroxyl groups is 1. The Kier molecular flexibility index (Phi) is 4.43. The minimum atomic E-state index is -0.222. The van der Waals surface area contributed by atoms with Crippen LogP contribution in [0.25, 0.3) is 0 Å². The molecule has 27 heavy (non-hydrogen) atoms. The molecule has 0 spiro atoms. The monoisotopic (exact) mass is 400 g/mol. The normalized spacial score (nSPS) is 26.6. The first-order chi connectivity index (χ1) is 13.1. The third-order valence-corrected chi connectivity index (χ3v) is 7.28. The Morgan fingerprint density at radius 3 is 2.56 bits per heavy atom. The van der Waals surface area contributed by atoms with E-state index in [9.17, 15) is 9.90 Å². The van der Waals surface area contributed by atoms with Crippen molar-refractivity contribution in [1.29, 1.82) is 0 Å². The predicted molar refractivity (Wildman–Crippen MR) is 108 cm³/mol. The maximum absolute atomic E-state index is 13.5. The van der Waals surface area contributed by atoms with E-state index in [4.69, 9.17) is 11.6 Å². The Morgan fingerprint density at radius 1 is 1.07 bits per heavy atom. The van der Waals surface area contributed by atoms with E-state index in [-0.39, 0.29) is 12.0 Å². The van der Waals surface area contributed by atoms with Crippen molar-refractivity contribution < 1.29 is 9.90 Å². The van der Waals surface area contributed by atoms with Gasteiger partial charge in [-0.1, -0.05) is 35.5 Å². The minimum absolute atomic E-state index is 0.0690. The van der Waals surface area contributed by atoms with Crippen molar-refractivity contribution in [1.82, 2.24) is 4.90 Å². The smallest absolute Gasteiger partial charge is 0.245 e. The fraction of sp³-hybridized carbons (Fsp3) is 0.381. The van der Waals surface area contributed by atoms with Gasteiger partial charge in [0.15, 0.2) is 0 Å². The number of nitrogens with zero attached hydrogens (tertiary/aromatic N) is 2. The van der Waals surface area contributed by atoms with Crippen LogP contribution in [0.15, 0.2) is 52.3 Å². The minimum Gasteiger partial charge on any atom is -0.393 e. The number of piperidine rings is 1. The van der Waals surface area contributed by atoms with Gasteiger partial charge in [-0.2, -0.15) is 0 Å². The number of rotatable bonds is 2. The third-order valence-electron chi connectivity index (χ3n) is 5.91. The molecule has 1 N–H and O–H groups in total. The largest absolute Gasteiger partial charge is 0.393 e. The molecule has 2 aromatic carbocycles. The standard InChI is InChI=1S/C21H21ClN2O2S/c22-13-5-8-20-18(9-13)24(17-3-1-2-4-19(17)27-20)21(26)12-23-14-6-7-15(23)11-16(25)10-14/h1-5,8-9,14-16,25H,6-7,10-12H2. The average Bonchev–Trinajstić information content (AvgIpc) is 2.89. The highest BCUT2D eigenvalue weighted by atomic mass is 35.5. The maximum atomic E-state index is 13.5. The number of halogens is 1. The lowest BCUT2D eigenvalue weighted by Gasteiger charge is -2.38. The summed E-state index contributed by atoms with van der Waals surface area (Å²) in [6.07, 6.45) is 3.48. The van der Waals surface area contributed by atoms with Crippen LogP contribution < -0.4 is 4.90 Å².